The van der Waals surface area contributed by atoms with Crippen molar-refractivity contribution in [2.75, 3.05) is 13.2 Å². The van der Waals surface area contributed by atoms with Gasteiger partial charge in [0.05, 0.1) is 17.6 Å². The van der Waals surface area contributed by atoms with Crippen molar-refractivity contribution in [1.29, 1.82) is 0 Å². The molecule has 3 aliphatic rings. The van der Waals surface area contributed by atoms with Crippen LogP contribution in [0.2, 0.25) is 0 Å². The lowest BCUT2D eigenvalue weighted by atomic mass is 10.1. The molecule has 1 aromatic rings. The van der Waals surface area contributed by atoms with Crippen LogP contribution in [0.3, 0.4) is 0 Å². The number of rotatable bonds is 3. The first-order valence-corrected chi connectivity index (χ1v) is 9.49. The Balaban J connectivity index is 1.52. The summed E-state index contributed by atoms with van der Waals surface area (Å²) in [6.07, 6.45) is 5.24. The third-order valence-corrected chi connectivity index (χ3v) is 5.88. The molecule has 0 aliphatic carbocycles. The number of fused-ring (bicyclic) bond motifs is 1. The van der Waals surface area contributed by atoms with Gasteiger partial charge in [-0.3, -0.25) is 9.69 Å². The summed E-state index contributed by atoms with van der Waals surface area (Å²) in [5.41, 5.74) is 2.22. The topological polar surface area (TPSA) is 38.8 Å². The van der Waals surface area contributed by atoms with Crippen LogP contribution in [0.1, 0.15) is 30.9 Å². The van der Waals surface area contributed by atoms with Crippen LogP contribution >= 0.6 is 24.0 Å². The van der Waals surface area contributed by atoms with Gasteiger partial charge in [-0.1, -0.05) is 30.0 Å². The number of thioether (sulfide) groups is 1. The molecule has 4 nitrogen and oxygen atoms in total. The monoisotopic (exact) mass is 361 g/mol. The molecule has 4 rings (SSSR count). The lowest BCUT2D eigenvalue weighted by Crippen LogP contribution is -2.35. The summed E-state index contributed by atoms with van der Waals surface area (Å²) in [7, 11) is 0. The second-order valence-corrected chi connectivity index (χ2v) is 8.10. The normalized spacial score (nSPS) is 27.9. The molecule has 0 saturated carbocycles. The van der Waals surface area contributed by atoms with Gasteiger partial charge in [-0.05, 0) is 49.1 Å². The van der Waals surface area contributed by atoms with Crippen molar-refractivity contribution in [3.8, 4) is 5.75 Å². The third kappa shape index (κ3) is 3.10. The zero-order valence-electron chi connectivity index (χ0n) is 13.5. The fourth-order valence-electron chi connectivity index (χ4n) is 3.33. The highest BCUT2D eigenvalue weighted by molar-refractivity contribution is 8.26. The van der Waals surface area contributed by atoms with Gasteiger partial charge in [-0.25, -0.2) is 0 Å². The summed E-state index contributed by atoms with van der Waals surface area (Å²) in [5.74, 6) is 0.941. The van der Waals surface area contributed by atoms with E-state index in [1.54, 1.807) is 4.90 Å². The molecule has 3 aliphatic heterocycles. The first kappa shape index (κ1) is 16.1. The number of ether oxygens (including phenoxy) is 2. The van der Waals surface area contributed by atoms with Crippen molar-refractivity contribution in [2.45, 2.75) is 38.4 Å². The molecule has 2 unspecified atom stereocenters. The Labute approximate surface area is 151 Å². The van der Waals surface area contributed by atoms with E-state index >= 15 is 0 Å². The predicted molar refractivity (Wildman–Crippen MR) is 99.1 cm³/mol. The molecule has 2 fully saturated rings. The lowest BCUT2D eigenvalue weighted by Gasteiger charge is -2.18. The quantitative estimate of drug-likeness (QED) is 0.609. The van der Waals surface area contributed by atoms with E-state index < -0.39 is 0 Å². The molecule has 1 amide bonds. The fraction of sp³-hybridized carbons (Fsp3) is 0.444. The Morgan fingerprint density at radius 3 is 3.12 bits per heavy atom. The van der Waals surface area contributed by atoms with E-state index in [1.165, 1.54) is 17.3 Å². The third-order valence-electron chi connectivity index (χ3n) is 4.50. The van der Waals surface area contributed by atoms with Gasteiger partial charge < -0.3 is 9.47 Å². The Kier molecular flexibility index (Phi) is 4.37. The summed E-state index contributed by atoms with van der Waals surface area (Å²) in [4.78, 5) is 15.0. The van der Waals surface area contributed by atoms with Crippen LogP contribution in [0.5, 0.6) is 5.75 Å². The standard InChI is InChI=1S/C18H19NO3S2/c1-11-7-13-8-12(4-5-15(13)22-11)9-16-17(20)19(18(23)24-16)10-14-3-2-6-21-14/h4-5,8-9,11,14H,2-3,6-7,10H2,1H3/b16-9+. The van der Waals surface area contributed by atoms with E-state index in [0.717, 1.165) is 37.2 Å². The van der Waals surface area contributed by atoms with Gasteiger partial charge in [-0.2, -0.15) is 0 Å². The number of amides is 1. The van der Waals surface area contributed by atoms with E-state index in [4.69, 9.17) is 21.7 Å². The van der Waals surface area contributed by atoms with Crippen molar-refractivity contribution in [3.05, 3.63) is 34.2 Å². The minimum Gasteiger partial charge on any atom is -0.490 e. The molecular weight excluding hydrogens is 342 g/mol. The molecule has 2 saturated heterocycles. The van der Waals surface area contributed by atoms with E-state index in [1.807, 2.05) is 18.2 Å². The van der Waals surface area contributed by atoms with Gasteiger partial charge in [0, 0.05) is 13.0 Å². The average Bonchev–Trinajstić information content (AvgIpc) is 3.23. The Morgan fingerprint density at radius 2 is 2.33 bits per heavy atom. The highest BCUT2D eigenvalue weighted by atomic mass is 32.2. The maximum Gasteiger partial charge on any atom is 0.266 e. The minimum absolute atomic E-state index is 0.00869. The van der Waals surface area contributed by atoms with Gasteiger partial charge in [0.2, 0.25) is 0 Å². The van der Waals surface area contributed by atoms with Crippen LogP contribution < -0.4 is 4.74 Å². The van der Waals surface area contributed by atoms with Crippen LogP contribution in [0.15, 0.2) is 23.1 Å². The summed E-state index contributed by atoms with van der Waals surface area (Å²) < 4.78 is 12.0. The van der Waals surface area contributed by atoms with Gasteiger partial charge in [-0.15, -0.1) is 0 Å². The van der Waals surface area contributed by atoms with E-state index in [0.29, 0.717) is 15.8 Å². The maximum atomic E-state index is 12.7. The zero-order valence-corrected chi connectivity index (χ0v) is 15.1. The fourth-order valence-corrected chi connectivity index (χ4v) is 4.61. The number of nitrogens with zero attached hydrogens (tertiary/aromatic N) is 1. The van der Waals surface area contributed by atoms with Crippen molar-refractivity contribution in [3.63, 3.8) is 0 Å². The van der Waals surface area contributed by atoms with Crippen LogP contribution in [0.25, 0.3) is 6.08 Å². The molecule has 1 aromatic carbocycles. The van der Waals surface area contributed by atoms with Crippen molar-refractivity contribution < 1.29 is 14.3 Å². The first-order chi connectivity index (χ1) is 11.6. The Morgan fingerprint density at radius 1 is 1.46 bits per heavy atom. The highest BCUT2D eigenvalue weighted by Gasteiger charge is 2.34. The molecular formula is C18H19NO3S2. The summed E-state index contributed by atoms with van der Waals surface area (Å²) in [6, 6.07) is 6.08. The summed E-state index contributed by atoms with van der Waals surface area (Å²) >= 11 is 6.77. The molecule has 24 heavy (non-hydrogen) atoms. The molecule has 0 bridgehead atoms. The lowest BCUT2D eigenvalue weighted by molar-refractivity contribution is -0.123. The Hall–Kier alpha value is -1.37. The number of thiocarbonyl (C=S) groups is 1. The molecule has 6 heteroatoms. The smallest absolute Gasteiger partial charge is 0.266 e. The number of carbonyl (C=O) groups excluding carboxylic acids is 1. The van der Waals surface area contributed by atoms with Crippen LogP contribution in [-0.4, -0.2) is 40.5 Å². The second kappa shape index (κ2) is 6.50. The molecule has 0 aromatic heterocycles. The molecule has 0 radical (unpaired) electrons. The summed E-state index contributed by atoms with van der Waals surface area (Å²) in [6.45, 7) is 3.42. The van der Waals surface area contributed by atoms with Crippen LogP contribution in [-0.2, 0) is 16.0 Å². The number of hydrogen-bond donors (Lipinski definition) is 0. The van der Waals surface area contributed by atoms with Gasteiger partial charge in [0.1, 0.15) is 16.2 Å². The maximum absolute atomic E-state index is 12.7. The average molecular weight is 361 g/mol. The van der Waals surface area contributed by atoms with E-state index in [-0.39, 0.29) is 18.1 Å². The van der Waals surface area contributed by atoms with E-state index in [9.17, 15) is 4.79 Å². The molecule has 2 atom stereocenters. The van der Waals surface area contributed by atoms with E-state index in [2.05, 4.69) is 13.0 Å². The van der Waals surface area contributed by atoms with Gasteiger partial charge in [0.25, 0.3) is 5.91 Å². The molecule has 3 heterocycles. The molecule has 126 valence electrons. The molecule has 0 spiro atoms. The van der Waals surface area contributed by atoms with Crippen molar-refractivity contribution in [2.24, 2.45) is 0 Å². The summed E-state index contributed by atoms with van der Waals surface area (Å²) in [5, 5.41) is 0. The van der Waals surface area contributed by atoms with Crippen LogP contribution in [0.4, 0.5) is 0 Å². The number of carbonyl (C=O) groups is 1. The second-order valence-electron chi connectivity index (χ2n) is 6.43. The number of hydrogen-bond acceptors (Lipinski definition) is 5. The SMILES string of the molecule is CC1Cc2cc(/C=C3/SC(=S)N(CC4CCCO4)C3=O)ccc2O1. The minimum atomic E-state index is -0.00869. The first-order valence-electron chi connectivity index (χ1n) is 8.27. The Bertz CT molecular complexity index is 725. The number of benzene rings is 1. The predicted octanol–water partition coefficient (Wildman–Crippen LogP) is 3.39. The van der Waals surface area contributed by atoms with Crippen LogP contribution in [0, 0.1) is 0 Å². The van der Waals surface area contributed by atoms with Crippen molar-refractivity contribution in [1.82, 2.24) is 4.90 Å². The van der Waals surface area contributed by atoms with Crippen molar-refractivity contribution >= 4 is 40.3 Å². The zero-order chi connectivity index (χ0) is 16.7. The highest BCUT2D eigenvalue weighted by Crippen LogP contribution is 2.35. The van der Waals surface area contributed by atoms with Gasteiger partial charge in [0.15, 0.2) is 0 Å². The van der Waals surface area contributed by atoms with Gasteiger partial charge >= 0.3 is 0 Å². The largest absolute Gasteiger partial charge is 0.490 e. The molecule has 0 N–H and O–H groups in total.